The highest BCUT2D eigenvalue weighted by Gasteiger charge is 2.01. The van der Waals surface area contributed by atoms with Crippen LogP contribution in [0.2, 0.25) is 0 Å². The van der Waals surface area contributed by atoms with Gasteiger partial charge in [0, 0.05) is 24.6 Å². The minimum absolute atomic E-state index is 0.200. The molecule has 1 unspecified atom stereocenters. The van der Waals surface area contributed by atoms with Gasteiger partial charge in [-0.25, -0.2) is 9.97 Å². The van der Waals surface area contributed by atoms with Crippen LogP contribution in [0.3, 0.4) is 0 Å². The molecular weight excluding hydrogens is 324 g/mol. The number of aromatic nitrogens is 2. The van der Waals surface area contributed by atoms with Crippen molar-refractivity contribution in [3.05, 3.63) is 48.3 Å². The Hall–Kier alpha value is -2.20. The number of ether oxygens (including phenoxy) is 1. The molecular formula is C22H30N2O2. The van der Waals surface area contributed by atoms with E-state index in [2.05, 4.69) is 48.1 Å². The summed E-state index contributed by atoms with van der Waals surface area (Å²) in [6, 6.07) is 8.05. The van der Waals surface area contributed by atoms with Crippen molar-refractivity contribution in [3.63, 3.8) is 0 Å². The molecule has 1 heterocycles. The van der Waals surface area contributed by atoms with Crippen molar-refractivity contribution >= 4 is 6.08 Å². The molecule has 0 bridgehead atoms. The second kappa shape index (κ2) is 11.4. The Morgan fingerprint density at radius 3 is 2.46 bits per heavy atom. The zero-order chi connectivity index (χ0) is 18.6. The van der Waals surface area contributed by atoms with Gasteiger partial charge in [-0.15, -0.1) is 0 Å². The highest BCUT2D eigenvalue weighted by Crippen LogP contribution is 2.19. The fourth-order valence-corrected chi connectivity index (χ4v) is 2.72. The van der Waals surface area contributed by atoms with Crippen LogP contribution in [-0.2, 0) is 4.74 Å². The Morgan fingerprint density at radius 2 is 1.77 bits per heavy atom. The summed E-state index contributed by atoms with van der Waals surface area (Å²) in [5.74, 6) is 0. The maximum atomic E-state index is 9.15. The van der Waals surface area contributed by atoms with Gasteiger partial charge in [-0.2, -0.15) is 0 Å². The summed E-state index contributed by atoms with van der Waals surface area (Å²) < 4.78 is 5.82. The van der Waals surface area contributed by atoms with E-state index in [-0.39, 0.29) is 6.01 Å². The number of aromatic hydroxyl groups is 1. The SMILES string of the molecule is CCCCCOC(C)CCCC=Cc1ccc(-c2cnc(O)nc2)cc1. The highest BCUT2D eigenvalue weighted by molar-refractivity contribution is 5.64. The van der Waals surface area contributed by atoms with E-state index < -0.39 is 0 Å². The van der Waals surface area contributed by atoms with Gasteiger partial charge in [0.1, 0.15) is 0 Å². The monoisotopic (exact) mass is 354 g/mol. The first kappa shape index (κ1) is 20.1. The van der Waals surface area contributed by atoms with Crippen molar-refractivity contribution in [1.29, 1.82) is 0 Å². The lowest BCUT2D eigenvalue weighted by Crippen LogP contribution is -2.08. The molecule has 0 saturated carbocycles. The molecule has 4 heteroatoms. The van der Waals surface area contributed by atoms with Gasteiger partial charge in [-0.1, -0.05) is 56.2 Å². The minimum Gasteiger partial charge on any atom is -0.479 e. The average Bonchev–Trinajstić information content (AvgIpc) is 2.66. The largest absolute Gasteiger partial charge is 0.479 e. The van der Waals surface area contributed by atoms with Crippen LogP contribution >= 0.6 is 0 Å². The van der Waals surface area contributed by atoms with E-state index in [0.717, 1.165) is 37.0 Å². The van der Waals surface area contributed by atoms with E-state index in [1.54, 1.807) is 12.4 Å². The van der Waals surface area contributed by atoms with Crippen LogP contribution in [0.4, 0.5) is 0 Å². The standard InChI is InChI=1S/C22H30N2O2/c1-3-4-8-15-26-18(2)9-6-5-7-10-19-11-13-20(14-12-19)21-16-23-22(25)24-17-21/h7,10-14,16-18H,3-6,8-9,15H2,1-2H3,(H,23,24,25). The summed E-state index contributed by atoms with van der Waals surface area (Å²) in [5.41, 5.74) is 3.11. The maximum Gasteiger partial charge on any atom is 0.313 e. The Morgan fingerprint density at radius 1 is 1.04 bits per heavy atom. The van der Waals surface area contributed by atoms with E-state index in [0.29, 0.717) is 6.10 Å². The molecule has 0 fully saturated rings. The Bertz CT molecular complexity index is 651. The number of benzene rings is 1. The third-order valence-electron chi connectivity index (χ3n) is 4.32. The van der Waals surface area contributed by atoms with Crippen LogP contribution in [0.5, 0.6) is 6.01 Å². The van der Waals surface area contributed by atoms with Crippen LogP contribution in [0.15, 0.2) is 42.7 Å². The van der Waals surface area contributed by atoms with Crippen LogP contribution in [0.25, 0.3) is 17.2 Å². The Balaban J connectivity index is 1.69. The summed E-state index contributed by atoms with van der Waals surface area (Å²) in [5, 5.41) is 9.15. The van der Waals surface area contributed by atoms with Gasteiger partial charge in [-0.3, -0.25) is 0 Å². The van der Waals surface area contributed by atoms with Gasteiger partial charge in [0.15, 0.2) is 0 Å². The molecule has 0 radical (unpaired) electrons. The third kappa shape index (κ3) is 7.36. The third-order valence-corrected chi connectivity index (χ3v) is 4.32. The highest BCUT2D eigenvalue weighted by atomic mass is 16.5. The zero-order valence-corrected chi connectivity index (χ0v) is 15.9. The zero-order valence-electron chi connectivity index (χ0n) is 15.9. The molecule has 0 spiro atoms. The van der Waals surface area contributed by atoms with Crippen molar-refractivity contribution in [1.82, 2.24) is 9.97 Å². The number of hydrogen-bond acceptors (Lipinski definition) is 4. The number of hydrogen-bond donors (Lipinski definition) is 1. The number of nitrogens with zero attached hydrogens (tertiary/aromatic N) is 2. The van der Waals surface area contributed by atoms with Crippen LogP contribution in [-0.4, -0.2) is 27.8 Å². The summed E-state index contributed by atoms with van der Waals surface area (Å²) in [7, 11) is 0. The normalized spacial score (nSPS) is 12.5. The fourth-order valence-electron chi connectivity index (χ4n) is 2.72. The summed E-state index contributed by atoms with van der Waals surface area (Å²) in [4.78, 5) is 7.62. The molecule has 1 aromatic heterocycles. The minimum atomic E-state index is -0.200. The molecule has 1 aromatic carbocycles. The van der Waals surface area contributed by atoms with Gasteiger partial charge in [0.05, 0.1) is 6.10 Å². The van der Waals surface area contributed by atoms with Crippen molar-refractivity contribution < 1.29 is 9.84 Å². The van der Waals surface area contributed by atoms with Crippen LogP contribution in [0, 0.1) is 0 Å². The van der Waals surface area contributed by atoms with Crippen molar-refractivity contribution in [2.45, 2.75) is 58.5 Å². The first-order chi connectivity index (χ1) is 12.7. The average molecular weight is 354 g/mol. The molecule has 140 valence electrons. The lowest BCUT2D eigenvalue weighted by Gasteiger charge is -2.11. The van der Waals surface area contributed by atoms with Gasteiger partial charge in [-0.05, 0) is 43.7 Å². The Kier molecular flexibility index (Phi) is 8.84. The predicted molar refractivity (Wildman–Crippen MR) is 107 cm³/mol. The molecule has 0 saturated heterocycles. The second-order valence-electron chi connectivity index (χ2n) is 6.62. The first-order valence-electron chi connectivity index (χ1n) is 9.58. The smallest absolute Gasteiger partial charge is 0.313 e. The first-order valence-corrected chi connectivity index (χ1v) is 9.58. The van der Waals surface area contributed by atoms with Crippen LogP contribution in [0.1, 0.15) is 57.9 Å². The van der Waals surface area contributed by atoms with E-state index in [1.807, 2.05) is 12.1 Å². The van der Waals surface area contributed by atoms with Crippen molar-refractivity contribution in [2.24, 2.45) is 0 Å². The quantitative estimate of drug-likeness (QED) is 0.531. The van der Waals surface area contributed by atoms with E-state index in [9.17, 15) is 0 Å². The molecule has 26 heavy (non-hydrogen) atoms. The maximum absolute atomic E-state index is 9.15. The van der Waals surface area contributed by atoms with Gasteiger partial charge < -0.3 is 9.84 Å². The molecule has 1 atom stereocenters. The summed E-state index contributed by atoms with van der Waals surface area (Å²) in [6.07, 6.45) is 15.0. The molecule has 4 nitrogen and oxygen atoms in total. The predicted octanol–water partition coefficient (Wildman–Crippen LogP) is 5.63. The lowest BCUT2D eigenvalue weighted by atomic mass is 10.1. The van der Waals surface area contributed by atoms with Gasteiger partial charge >= 0.3 is 6.01 Å². The Labute approximate surface area is 157 Å². The van der Waals surface area contributed by atoms with E-state index in [4.69, 9.17) is 9.84 Å². The van der Waals surface area contributed by atoms with Crippen molar-refractivity contribution in [3.8, 4) is 17.1 Å². The summed E-state index contributed by atoms with van der Waals surface area (Å²) in [6.45, 7) is 5.27. The fraction of sp³-hybridized carbons (Fsp3) is 0.455. The molecule has 2 rings (SSSR count). The van der Waals surface area contributed by atoms with Gasteiger partial charge in [0.2, 0.25) is 0 Å². The number of rotatable bonds is 11. The number of unbranched alkanes of at least 4 members (excludes halogenated alkanes) is 3. The summed E-state index contributed by atoms with van der Waals surface area (Å²) >= 11 is 0. The molecule has 1 N–H and O–H groups in total. The van der Waals surface area contributed by atoms with E-state index in [1.165, 1.54) is 24.8 Å². The number of allylic oxidation sites excluding steroid dienone is 1. The molecule has 2 aromatic rings. The van der Waals surface area contributed by atoms with Gasteiger partial charge in [0.25, 0.3) is 0 Å². The van der Waals surface area contributed by atoms with Crippen molar-refractivity contribution in [2.75, 3.05) is 6.61 Å². The molecule has 0 aliphatic heterocycles. The molecule has 0 aliphatic rings. The molecule has 0 amide bonds. The lowest BCUT2D eigenvalue weighted by molar-refractivity contribution is 0.0566. The second-order valence-corrected chi connectivity index (χ2v) is 6.62. The molecule has 0 aliphatic carbocycles. The van der Waals surface area contributed by atoms with E-state index >= 15 is 0 Å². The van der Waals surface area contributed by atoms with Crippen LogP contribution < -0.4 is 0 Å². The topological polar surface area (TPSA) is 55.2 Å².